The van der Waals surface area contributed by atoms with Gasteiger partial charge in [-0.15, -0.1) is 16.5 Å². The molecule has 0 aromatic carbocycles. The van der Waals surface area contributed by atoms with Crippen LogP contribution in [0.2, 0.25) is 0 Å². The fraction of sp³-hybridized carbons (Fsp3) is 0.810. The average Bonchev–Trinajstić information content (AvgIpc) is 3.22. The summed E-state index contributed by atoms with van der Waals surface area (Å²) in [4.78, 5) is 15.1. The summed E-state index contributed by atoms with van der Waals surface area (Å²) in [5, 5.41) is 0.542. The van der Waals surface area contributed by atoms with Crippen molar-refractivity contribution in [3.8, 4) is 0 Å². The van der Waals surface area contributed by atoms with Crippen molar-refractivity contribution in [3.05, 3.63) is 11.6 Å². The first kappa shape index (κ1) is 24.9. The quantitative estimate of drug-likeness (QED) is 0.190. The maximum absolute atomic E-state index is 13.9. The van der Waals surface area contributed by atoms with Crippen molar-refractivity contribution in [1.29, 1.82) is 0 Å². The number of amides is 1. The second-order valence-electron chi connectivity index (χ2n) is 7.45. The van der Waals surface area contributed by atoms with Crippen LogP contribution < -0.4 is 5.12 Å². The molecular weight excluding hydrogens is 385 g/mol. The summed E-state index contributed by atoms with van der Waals surface area (Å²) in [6.45, 7) is 2.23. The van der Waals surface area contributed by atoms with Crippen LogP contribution in [0.15, 0.2) is 11.6 Å². The number of rotatable bonds is 17. The number of thiazole rings is 1. The van der Waals surface area contributed by atoms with E-state index in [9.17, 15) is 18.1 Å². The zero-order valence-electron chi connectivity index (χ0n) is 17.1. The van der Waals surface area contributed by atoms with Crippen molar-refractivity contribution in [3.63, 3.8) is 0 Å². The molecule has 1 aromatic rings. The molecule has 0 aliphatic carbocycles. The van der Waals surface area contributed by atoms with Crippen LogP contribution in [-0.4, -0.2) is 16.8 Å². The van der Waals surface area contributed by atoms with Crippen LogP contribution in [-0.2, 0) is 4.79 Å². The van der Waals surface area contributed by atoms with E-state index in [1.807, 2.05) is 0 Å². The molecule has 28 heavy (non-hydrogen) atoms. The lowest BCUT2D eigenvalue weighted by Crippen LogP contribution is -2.39. The molecule has 1 heterocycles. The van der Waals surface area contributed by atoms with Crippen molar-refractivity contribution >= 4 is 22.4 Å². The summed E-state index contributed by atoms with van der Waals surface area (Å²) in [5.74, 6) is -5.51. The molecule has 0 aliphatic rings. The number of hydrogen-bond donors (Lipinski definition) is 0. The van der Waals surface area contributed by atoms with Crippen LogP contribution in [0.5, 0.6) is 0 Å². The molecule has 1 aromatic heterocycles. The summed E-state index contributed by atoms with van der Waals surface area (Å²) in [6, 6.07) is 0. The van der Waals surface area contributed by atoms with Gasteiger partial charge in [0, 0.05) is 18.0 Å². The Balaban J connectivity index is 1.98. The highest BCUT2D eigenvalue weighted by molar-refractivity contribution is 7.13. The van der Waals surface area contributed by atoms with Gasteiger partial charge in [0.25, 0.3) is 0 Å². The normalized spacial score (nSPS) is 11.7. The van der Waals surface area contributed by atoms with E-state index in [0.29, 0.717) is 6.42 Å². The van der Waals surface area contributed by atoms with Crippen molar-refractivity contribution < 1.29 is 18.1 Å². The molecular formula is C21H35F3N2OS. The molecule has 0 fully saturated rings. The smallest absolute Gasteiger partial charge is 0.265 e. The molecule has 0 spiro atoms. The fourth-order valence-electron chi connectivity index (χ4n) is 3.19. The Hall–Kier alpha value is -1.11. The minimum absolute atomic E-state index is 0.224. The van der Waals surface area contributed by atoms with Crippen LogP contribution in [0.3, 0.4) is 0 Å². The molecule has 0 saturated carbocycles. The Kier molecular flexibility index (Phi) is 13.2. The number of unbranched alkanes of at least 4 members (excludes halogenated alkanes) is 13. The minimum atomic E-state index is -3.68. The van der Waals surface area contributed by atoms with E-state index in [0.717, 1.165) is 30.6 Å². The molecule has 0 atom stereocenters. The van der Waals surface area contributed by atoms with Gasteiger partial charge in [0.1, 0.15) is 0 Å². The van der Waals surface area contributed by atoms with Gasteiger partial charge in [-0.3, -0.25) is 4.79 Å². The second-order valence-corrected chi connectivity index (χ2v) is 8.32. The van der Waals surface area contributed by atoms with Crippen LogP contribution >= 0.6 is 11.3 Å². The highest BCUT2D eigenvalue weighted by Gasteiger charge is 2.43. The van der Waals surface area contributed by atoms with E-state index in [1.165, 1.54) is 69.4 Å². The highest BCUT2D eigenvalue weighted by atomic mass is 32.1. The van der Waals surface area contributed by atoms with Gasteiger partial charge in [0.05, 0.1) is 0 Å². The van der Waals surface area contributed by atoms with Crippen LogP contribution in [0.25, 0.3) is 0 Å². The van der Waals surface area contributed by atoms with E-state index in [1.54, 1.807) is 0 Å². The van der Waals surface area contributed by atoms with E-state index < -0.39 is 23.4 Å². The molecule has 0 saturated heterocycles. The predicted octanol–water partition coefficient (Wildman–Crippen LogP) is 7.87. The van der Waals surface area contributed by atoms with Crippen molar-refractivity contribution in [1.82, 2.24) is 4.98 Å². The topological polar surface area (TPSA) is 33.2 Å². The van der Waals surface area contributed by atoms with Crippen LogP contribution in [0, 0.1) is 0 Å². The third-order valence-corrected chi connectivity index (χ3v) is 5.66. The van der Waals surface area contributed by atoms with Gasteiger partial charge < -0.3 is 0 Å². The number of anilines is 1. The molecule has 3 nitrogen and oxygen atoms in total. The summed E-state index contributed by atoms with van der Waals surface area (Å²) in [5.41, 5.74) is 0. The first-order valence-electron chi connectivity index (χ1n) is 10.8. The Morgan fingerprint density at radius 2 is 1.39 bits per heavy atom. The predicted molar refractivity (Wildman–Crippen MR) is 111 cm³/mol. The second kappa shape index (κ2) is 14.8. The SMILES string of the molecule is CCCCCCCCCCCCCCCCC(F)(F)C(=O)N(F)c1nccs1. The van der Waals surface area contributed by atoms with Gasteiger partial charge in [0.15, 0.2) is 0 Å². The number of alkyl halides is 2. The molecule has 0 unspecified atom stereocenters. The third-order valence-electron chi connectivity index (χ3n) is 4.92. The van der Waals surface area contributed by atoms with Gasteiger partial charge in [0.2, 0.25) is 5.13 Å². The largest absolute Gasteiger partial charge is 0.327 e. The fourth-order valence-corrected chi connectivity index (χ4v) is 3.73. The number of hydrogen-bond acceptors (Lipinski definition) is 3. The molecule has 162 valence electrons. The number of carbonyl (C=O) groups is 1. The summed E-state index contributed by atoms with van der Waals surface area (Å²) < 4.78 is 41.4. The minimum Gasteiger partial charge on any atom is -0.265 e. The van der Waals surface area contributed by atoms with Crippen molar-refractivity contribution in [2.24, 2.45) is 0 Å². The first-order chi connectivity index (χ1) is 13.5. The number of nitrogens with zero attached hydrogens (tertiary/aromatic N) is 2. The lowest BCUT2D eigenvalue weighted by Gasteiger charge is -2.17. The molecule has 0 radical (unpaired) electrons. The number of carbonyl (C=O) groups excluding carboxylic acids is 1. The van der Waals surface area contributed by atoms with Crippen LogP contribution in [0.4, 0.5) is 18.4 Å². The summed E-state index contributed by atoms with van der Waals surface area (Å²) in [7, 11) is 0. The first-order valence-corrected chi connectivity index (χ1v) is 11.6. The standard InChI is InChI=1S/C21H35F3N2OS/c1-2-3-4-5-6-7-8-9-10-11-12-13-14-15-16-21(22,23)19(27)26(24)20-25-17-18-28-20/h17-18H,2-16H2,1H3. The number of halogens is 3. The zero-order chi connectivity index (χ0) is 20.7. The third kappa shape index (κ3) is 10.4. The summed E-state index contributed by atoms with van der Waals surface area (Å²) >= 11 is 0.810. The van der Waals surface area contributed by atoms with Gasteiger partial charge in [-0.05, 0) is 6.42 Å². The Bertz CT molecular complexity index is 512. The molecule has 0 aliphatic heterocycles. The zero-order valence-corrected chi connectivity index (χ0v) is 17.9. The summed E-state index contributed by atoms with van der Waals surface area (Å²) in [6.07, 6.45) is 16.3. The number of aromatic nitrogens is 1. The monoisotopic (exact) mass is 420 g/mol. The maximum Gasteiger partial charge on any atom is 0.327 e. The Labute approximate surface area is 171 Å². The van der Waals surface area contributed by atoms with Crippen molar-refractivity contribution in [2.75, 3.05) is 5.12 Å². The van der Waals surface area contributed by atoms with Gasteiger partial charge in [-0.1, -0.05) is 94.9 Å². The van der Waals surface area contributed by atoms with Crippen molar-refractivity contribution in [2.45, 2.75) is 109 Å². The Morgan fingerprint density at radius 3 is 1.82 bits per heavy atom. The Morgan fingerprint density at radius 1 is 0.929 bits per heavy atom. The lowest BCUT2D eigenvalue weighted by atomic mass is 10.0. The van der Waals surface area contributed by atoms with Gasteiger partial charge in [-0.25, -0.2) is 4.98 Å². The van der Waals surface area contributed by atoms with E-state index in [4.69, 9.17) is 0 Å². The highest BCUT2D eigenvalue weighted by Crippen LogP contribution is 2.29. The molecule has 1 rings (SSSR count). The lowest BCUT2D eigenvalue weighted by molar-refractivity contribution is -0.146. The van der Waals surface area contributed by atoms with E-state index in [2.05, 4.69) is 11.9 Å². The molecule has 0 N–H and O–H groups in total. The van der Waals surface area contributed by atoms with E-state index >= 15 is 0 Å². The average molecular weight is 421 g/mol. The van der Waals surface area contributed by atoms with Crippen LogP contribution in [0.1, 0.15) is 103 Å². The van der Waals surface area contributed by atoms with Gasteiger partial charge in [-0.2, -0.15) is 8.78 Å². The van der Waals surface area contributed by atoms with Gasteiger partial charge >= 0.3 is 11.8 Å². The molecule has 1 amide bonds. The molecule has 7 heteroatoms. The molecule has 0 bridgehead atoms. The van der Waals surface area contributed by atoms with E-state index in [-0.39, 0.29) is 11.6 Å². The maximum atomic E-state index is 13.9.